The van der Waals surface area contributed by atoms with Crippen molar-refractivity contribution in [1.82, 2.24) is 9.97 Å². The summed E-state index contributed by atoms with van der Waals surface area (Å²) in [4.78, 5) is 66.8. The van der Waals surface area contributed by atoms with Gasteiger partial charge in [0.1, 0.15) is 12.2 Å². The van der Waals surface area contributed by atoms with E-state index in [1.165, 1.54) is 0 Å². The Labute approximate surface area is 180 Å². The van der Waals surface area contributed by atoms with Gasteiger partial charge in [-0.1, -0.05) is 0 Å². The Morgan fingerprint density at radius 3 is 2.00 bits per heavy atom. The maximum absolute atomic E-state index is 12.6. The number of H-pyrrole nitrogens is 1. The Morgan fingerprint density at radius 1 is 1.06 bits per heavy atom. The average Bonchev–Trinajstić information content (AvgIpc) is 3.15. The molecule has 14 nitrogen and oxygen atoms in total. The van der Waals surface area contributed by atoms with Gasteiger partial charge in [-0.3, -0.25) is 24.0 Å². The number of primary amides is 1. The minimum atomic E-state index is -3.68. The molecule has 32 heavy (non-hydrogen) atoms. The first-order valence-corrected chi connectivity index (χ1v) is 9.12. The van der Waals surface area contributed by atoms with Crippen molar-refractivity contribution in [3.8, 4) is 5.88 Å². The summed E-state index contributed by atoms with van der Waals surface area (Å²) in [6.07, 6.45) is -6.25. The lowest BCUT2D eigenvalue weighted by Crippen LogP contribution is -2.87. The molecule has 6 atom stereocenters. The summed E-state index contributed by atoms with van der Waals surface area (Å²) < 4.78 is 10.5. The van der Waals surface area contributed by atoms with E-state index in [0.29, 0.717) is 20.8 Å². The van der Waals surface area contributed by atoms with Crippen LogP contribution in [0.5, 0.6) is 5.88 Å². The normalized spacial score (nSPS) is 33.2. The Balaban J connectivity index is 2.85. The number of hydrogen-bond donors (Lipinski definition) is 6. The van der Waals surface area contributed by atoms with Gasteiger partial charge in [0, 0.05) is 0 Å². The molecule has 0 spiro atoms. The van der Waals surface area contributed by atoms with Crippen LogP contribution in [-0.4, -0.2) is 94.7 Å². The third-order valence-electron chi connectivity index (χ3n) is 5.48. The van der Waals surface area contributed by atoms with Gasteiger partial charge in [-0.15, -0.1) is 0 Å². The second kappa shape index (κ2) is 8.14. The van der Waals surface area contributed by atoms with Gasteiger partial charge in [0.25, 0.3) is 5.91 Å². The van der Waals surface area contributed by atoms with E-state index >= 15 is 0 Å². The van der Waals surface area contributed by atoms with E-state index in [2.05, 4.69) is 9.97 Å². The summed E-state index contributed by atoms with van der Waals surface area (Å²) in [5, 5.41) is 44.0. The Morgan fingerprint density at radius 2 is 1.59 bits per heavy atom. The van der Waals surface area contributed by atoms with Crippen molar-refractivity contribution in [3.05, 3.63) is 12.0 Å². The third kappa shape index (κ3) is 3.23. The molecule has 0 aromatic carbocycles. The number of amides is 1. The highest BCUT2D eigenvalue weighted by Gasteiger charge is 2.80. The maximum atomic E-state index is 12.6. The molecule has 1 saturated heterocycles. The number of nitrogens with one attached hydrogen (secondary N) is 1. The third-order valence-corrected chi connectivity index (χ3v) is 5.48. The lowest BCUT2D eigenvalue weighted by Gasteiger charge is -2.57. The summed E-state index contributed by atoms with van der Waals surface area (Å²) in [6.45, 7) is 2.86. The van der Waals surface area contributed by atoms with Crippen LogP contribution in [0.25, 0.3) is 0 Å². The number of aliphatic hydroxyl groups excluding tert-OH is 1. The van der Waals surface area contributed by atoms with Gasteiger partial charge in [-0.2, -0.15) is 0 Å². The van der Waals surface area contributed by atoms with Crippen molar-refractivity contribution in [2.24, 2.45) is 5.73 Å². The molecule has 14 heteroatoms. The second-order valence-electron chi connectivity index (χ2n) is 7.42. The largest absolute Gasteiger partial charge is 0.442 e. The van der Waals surface area contributed by atoms with Crippen molar-refractivity contribution >= 4 is 29.0 Å². The van der Waals surface area contributed by atoms with E-state index in [9.17, 15) is 44.4 Å². The molecule has 0 radical (unpaired) electrons. The molecule has 1 aromatic rings. The number of imidazole rings is 1. The summed E-state index contributed by atoms with van der Waals surface area (Å²) >= 11 is 0. The number of aromatic amines is 1. The van der Waals surface area contributed by atoms with Crippen LogP contribution in [0.15, 0.2) is 6.33 Å². The van der Waals surface area contributed by atoms with E-state index in [1.807, 2.05) is 0 Å². The topological polar surface area (TPSA) is 239 Å². The van der Waals surface area contributed by atoms with Gasteiger partial charge in [-0.25, -0.2) is 4.98 Å². The van der Waals surface area contributed by atoms with Crippen LogP contribution in [0.4, 0.5) is 0 Å². The molecule has 1 unspecified atom stereocenters. The number of ketones is 4. The summed E-state index contributed by atoms with van der Waals surface area (Å²) in [6, 6.07) is 0. The molecule has 1 aliphatic heterocycles. The lowest BCUT2D eigenvalue weighted by atomic mass is 9.60. The minimum Gasteiger partial charge on any atom is -0.442 e. The number of ether oxygens (including phenoxy) is 2. The molecule has 1 amide bonds. The highest BCUT2D eigenvalue weighted by Crippen LogP contribution is 2.48. The van der Waals surface area contributed by atoms with Crippen LogP contribution in [0.3, 0.4) is 0 Å². The van der Waals surface area contributed by atoms with E-state index in [4.69, 9.17) is 15.2 Å². The summed E-state index contributed by atoms with van der Waals surface area (Å²) in [5.41, 5.74) is -5.96. The molecule has 176 valence electrons. The van der Waals surface area contributed by atoms with Crippen molar-refractivity contribution < 1.29 is 53.9 Å². The highest BCUT2D eigenvalue weighted by molar-refractivity contribution is 6.05. The standard InChI is InChI=1S/C18H23N3O11/c1-6(22)11(26)12-16(28,7(2)23)18(30,9(4)25)17(29,8(3)24)15(31-12)32-14-10(13(19)27)20-5-21-14/h5,11-12,15,26,28-30H,1-4H3,(H2,19,27)(H,20,21)/t11?,12-,15+,16-,17-,18+/m1/s1. The Hall–Kier alpha value is -3.04. The van der Waals surface area contributed by atoms with E-state index < -0.39 is 75.9 Å². The molecule has 0 bridgehead atoms. The first kappa shape index (κ1) is 25.2. The van der Waals surface area contributed by atoms with Crippen molar-refractivity contribution in [2.75, 3.05) is 0 Å². The van der Waals surface area contributed by atoms with Crippen molar-refractivity contribution in [1.29, 1.82) is 0 Å². The number of aliphatic hydroxyl groups is 4. The molecule has 2 heterocycles. The van der Waals surface area contributed by atoms with Gasteiger partial charge < -0.3 is 40.6 Å². The van der Waals surface area contributed by atoms with Gasteiger partial charge in [0.05, 0.1) is 6.33 Å². The fourth-order valence-electron chi connectivity index (χ4n) is 3.69. The van der Waals surface area contributed by atoms with Gasteiger partial charge >= 0.3 is 0 Å². The van der Waals surface area contributed by atoms with E-state index in [1.54, 1.807) is 0 Å². The number of aromatic nitrogens is 2. The Bertz CT molecular complexity index is 991. The predicted molar refractivity (Wildman–Crippen MR) is 100.0 cm³/mol. The van der Waals surface area contributed by atoms with Gasteiger partial charge in [0.2, 0.25) is 23.4 Å². The summed E-state index contributed by atoms with van der Waals surface area (Å²) in [5.74, 6) is -7.14. The molecule has 2 rings (SSSR count). The molecule has 0 saturated carbocycles. The number of carbonyl (C=O) groups is 5. The number of nitrogens with zero attached hydrogens (tertiary/aromatic N) is 1. The highest BCUT2D eigenvalue weighted by atomic mass is 16.7. The number of rotatable bonds is 8. The van der Waals surface area contributed by atoms with Crippen LogP contribution >= 0.6 is 0 Å². The number of hydrogen-bond acceptors (Lipinski definition) is 12. The van der Waals surface area contributed by atoms with Crippen LogP contribution < -0.4 is 10.5 Å². The zero-order valence-electron chi connectivity index (χ0n) is 17.5. The monoisotopic (exact) mass is 457 g/mol. The zero-order valence-corrected chi connectivity index (χ0v) is 17.5. The van der Waals surface area contributed by atoms with Crippen molar-refractivity contribution in [3.63, 3.8) is 0 Å². The minimum absolute atomic E-state index is 0.470. The average molecular weight is 457 g/mol. The Kier molecular flexibility index (Phi) is 6.42. The van der Waals surface area contributed by atoms with Crippen LogP contribution in [0.1, 0.15) is 38.2 Å². The molecule has 7 N–H and O–H groups in total. The first-order chi connectivity index (χ1) is 14.6. The van der Waals surface area contributed by atoms with Crippen LogP contribution in [0.2, 0.25) is 0 Å². The van der Waals surface area contributed by atoms with Crippen LogP contribution in [0, 0.1) is 0 Å². The van der Waals surface area contributed by atoms with Gasteiger partial charge in [0.15, 0.2) is 34.4 Å². The fraction of sp³-hybridized carbons (Fsp3) is 0.556. The molecular weight excluding hydrogens is 434 g/mol. The number of Topliss-reactive ketones (excluding diaryl/α,β-unsaturated/α-hetero) is 4. The fourth-order valence-corrected chi connectivity index (χ4v) is 3.69. The molecule has 1 aliphatic rings. The first-order valence-electron chi connectivity index (χ1n) is 9.12. The SMILES string of the molecule is CC(=O)C(O)[C@H]1O[C@@H](Oc2nc[nH]c2C(N)=O)[C@](O)(C(C)=O)[C@](O)(C(C)=O)[C@@]1(O)C(C)=O. The lowest BCUT2D eigenvalue weighted by molar-refractivity contribution is -0.358. The second-order valence-corrected chi connectivity index (χ2v) is 7.42. The molecular formula is C18H23N3O11. The van der Waals surface area contributed by atoms with Gasteiger partial charge in [-0.05, 0) is 27.7 Å². The quantitative estimate of drug-likeness (QED) is 0.223. The predicted octanol–water partition coefficient (Wildman–Crippen LogP) is -3.48. The smallest absolute Gasteiger partial charge is 0.270 e. The number of carbonyl (C=O) groups excluding carboxylic acids is 5. The van der Waals surface area contributed by atoms with E-state index in [0.717, 1.165) is 13.3 Å². The number of nitrogens with two attached hydrogens (primary N) is 1. The molecule has 0 aliphatic carbocycles. The van der Waals surface area contributed by atoms with Crippen molar-refractivity contribution in [2.45, 2.75) is 63.0 Å². The maximum Gasteiger partial charge on any atom is 0.270 e. The molecule has 1 aromatic heterocycles. The van der Waals surface area contributed by atoms with Crippen LogP contribution in [-0.2, 0) is 23.9 Å². The zero-order chi connectivity index (χ0) is 24.8. The summed E-state index contributed by atoms with van der Waals surface area (Å²) in [7, 11) is 0. The molecule has 1 fully saturated rings. The van der Waals surface area contributed by atoms with E-state index in [-0.39, 0.29) is 0 Å².